The Bertz CT molecular complexity index is 381. The molecule has 19 heavy (non-hydrogen) atoms. The van der Waals surface area contributed by atoms with Crippen LogP contribution in [0.1, 0.15) is 24.0 Å². The van der Waals surface area contributed by atoms with Crippen molar-refractivity contribution in [2.75, 3.05) is 33.7 Å². The molecule has 1 aliphatic heterocycles. The van der Waals surface area contributed by atoms with E-state index in [9.17, 15) is 0 Å². The topological polar surface area (TPSA) is 32.5 Å². The average Bonchev–Trinajstić information content (AvgIpc) is 2.42. The molecule has 3 heteroatoms. The monoisotopic (exact) mass is 261 g/mol. The van der Waals surface area contributed by atoms with Gasteiger partial charge in [-0.05, 0) is 64.1 Å². The lowest BCUT2D eigenvalue weighted by atomic mass is 10.0. The fourth-order valence-electron chi connectivity index (χ4n) is 2.95. The summed E-state index contributed by atoms with van der Waals surface area (Å²) >= 11 is 0. The Morgan fingerprint density at radius 1 is 1.16 bits per heavy atom. The van der Waals surface area contributed by atoms with Gasteiger partial charge in [0.05, 0.1) is 0 Å². The summed E-state index contributed by atoms with van der Waals surface area (Å²) in [6.45, 7) is 4.23. The number of hydrogen-bond donors (Lipinski definition) is 1. The van der Waals surface area contributed by atoms with Crippen LogP contribution in [0.5, 0.6) is 0 Å². The van der Waals surface area contributed by atoms with Crippen molar-refractivity contribution in [1.82, 2.24) is 9.80 Å². The molecule has 0 aromatic heterocycles. The first-order valence-electron chi connectivity index (χ1n) is 7.36. The molecule has 0 amide bonds. The molecule has 0 unspecified atom stereocenters. The minimum absolute atomic E-state index is 0.736. The molecule has 0 saturated carbocycles. The van der Waals surface area contributed by atoms with Crippen LogP contribution in [0.25, 0.3) is 0 Å². The average molecular weight is 261 g/mol. The van der Waals surface area contributed by atoms with Crippen molar-refractivity contribution in [3.63, 3.8) is 0 Å². The largest absolute Gasteiger partial charge is 0.330 e. The molecule has 0 spiro atoms. The highest BCUT2D eigenvalue weighted by molar-refractivity contribution is 5.27. The molecule has 1 heterocycles. The van der Waals surface area contributed by atoms with Crippen molar-refractivity contribution in [3.8, 4) is 0 Å². The third kappa shape index (κ3) is 4.03. The second-order valence-corrected chi connectivity index (χ2v) is 5.78. The van der Waals surface area contributed by atoms with Gasteiger partial charge in [0.25, 0.3) is 0 Å². The Morgan fingerprint density at radius 3 is 2.37 bits per heavy atom. The molecule has 0 bridgehead atoms. The fourth-order valence-corrected chi connectivity index (χ4v) is 2.95. The molecule has 2 N–H and O–H groups in total. The van der Waals surface area contributed by atoms with Gasteiger partial charge in [0.2, 0.25) is 0 Å². The first kappa shape index (κ1) is 14.5. The van der Waals surface area contributed by atoms with E-state index in [1.807, 2.05) is 0 Å². The normalized spacial score (nSPS) is 18.1. The van der Waals surface area contributed by atoms with Crippen LogP contribution in [-0.4, -0.2) is 49.6 Å². The fraction of sp³-hybridized carbons (Fsp3) is 0.625. The van der Waals surface area contributed by atoms with Crippen molar-refractivity contribution in [2.45, 2.75) is 31.8 Å². The summed E-state index contributed by atoms with van der Waals surface area (Å²) in [6.07, 6.45) is 3.56. The Labute approximate surface area is 117 Å². The number of hydrogen-bond acceptors (Lipinski definition) is 3. The van der Waals surface area contributed by atoms with E-state index in [0.29, 0.717) is 0 Å². The number of benzene rings is 1. The number of rotatable bonds is 5. The van der Waals surface area contributed by atoms with Crippen LogP contribution in [0.2, 0.25) is 0 Å². The minimum atomic E-state index is 0.736. The standard InChI is InChI=1S/C16H27N3/c1-18(2)16-8-11-19(12-9-16)13-15-6-4-3-5-14(15)7-10-17/h3-6,16H,7-13,17H2,1-2H3. The zero-order valence-corrected chi connectivity index (χ0v) is 12.3. The van der Waals surface area contributed by atoms with Crippen molar-refractivity contribution in [2.24, 2.45) is 5.73 Å². The van der Waals surface area contributed by atoms with Gasteiger partial charge in [-0.2, -0.15) is 0 Å². The summed E-state index contributed by atoms with van der Waals surface area (Å²) < 4.78 is 0. The molecule has 2 rings (SSSR count). The highest BCUT2D eigenvalue weighted by Gasteiger charge is 2.20. The van der Waals surface area contributed by atoms with Gasteiger partial charge in [0.15, 0.2) is 0 Å². The van der Waals surface area contributed by atoms with Crippen molar-refractivity contribution in [3.05, 3.63) is 35.4 Å². The van der Waals surface area contributed by atoms with E-state index < -0.39 is 0 Å². The zero-order chi connectivity index (χ0) is 13.7. The van der Waals surface area contributed by atoms with E-state index in [-0.39, 0.29) is 0 Å². The van der Waals surface area contributed by atoms with Crippen LogP contribution in [0.15, 0.2) is 24.3 Å². The lowest BCUT2D eigenvalue weighted by Crippen LogP contribution is -2.41. The molecule has 1 aromatic carbocycles. The van der Waals surface area contributed by atoms with Crippen molar-refractivity contribution >= 4 is 0 Å². The van der Waals surface area contributed by atoms with Crippen LogP contribution >= 0.6 is 0 Å². The summed E-state index contributed by atoms with van der Waals surface area (Å²) in [6, 6.07) is 9.49. The van der Waals surface area contributed by atoms with Crippen molar-refractivity contribution in [1.29, 1.82) is 0 Å². The SMILES string of the molecule is CN(C)C1CCN(Cc2ccccc2CCN)CC1. The lowest BCUT2D eigenvalue weighted by molar-refractivity contribution is 0.140. The number of piperidine rings is 1. The summed E-state index contributed by atoms with van der Waals surface area (Å²) in [5.41, 5.74) is 8.57. The summed E-state index contributed by atoms with van der Waals surface area (Å²) in [7, 11) is 4.38. The smallest absolute Gasteiger partial charge is 0.0236 e. The third-order valence-corrected chi connectivity index (χ3v) is 4.21. The second-order valence-electron chi connectivity index (χ2n) is 5.78. The first-order valence-corrected chi connectivity index (χ1v) is 7.36. The molecule has 0 aliphatic carbocycles. The summed E-state index contributed by atoms with van der Waals surface area (Å²) in [5, 5.41) is 0. The van der Waals surface area contributed by atoms with Crippen LogP contribution in [0.3, 0.4) is 0 Å². The predicted molar refractivity (Wildman–Crippen MR) is 81.2 cm³/mol. The third-order valence-electron chi connectivity index (χ3n) is 4.21. The molecule has 106 valence electrons. The first-order chi connectivity index (χ1) is 9.20. The number of nitrogens with zero attached hydrogens (tertiary/aromatic N) is 2. The maximum Gasteiger partial charge on any atom is 0.0236 e. The van der Waals surface area contributed by atoms with Gasteiger partial charge >= 0.3 is 0 Å². The molecule has 1 aromatic rings. The van der Waals surface area contributed by atoms with E-state index in [4.69, 9.17) is 5.73 Å². The maximum absolute atomic E-state index is 5.69. The number of nitrogens with two attached hydrogens (primary N) is 1. The van der Waals surface area contributed by atoms with E-state index in [1.54, 1.807) is 0 Å². The van der Waals surface area contributed by atoms with E-state index in [1.165, 1.54) is 37.1 Å². The predicted octanol–water partition coefficient (Wildman–Crippen LogP) is 1.71. The van der Waals surface area contributed by atoms with Crippen molar-refractivity contribution < 1.29 is 0 Å². The highest BCUT2D eigenvalue weighted by atomic mass is 15.2. The molecule has 0 atom stereocenters. The van der Waals surface area contributed by atoms with Gasteiger partial charge in [-0.25, -0.2) is 0 Å². The van der Waals surface area contributed by atoms with Crippen LogP contribution in [0.4, 0.5) is 0 Å². The van der Waals surface area contributed by atoms with Gasteiger partial charge in [0.1, 0.15) is 0 Å². The lowest BCUT2D eigenvalue weighted by Gasteiger charge is -2.35. The minimum Gasteiger partial charge on any atom is -0.330 e. The highest BCUT2D eigenvalue weighted by Crippen LogP contribution is 2.18. The molecule has 1 fully saturated rings. The molecule has 1 saturated heterocycles. The Morgan fingerprint density at radius 2 is 1.79 bits per heavy atom. The summed E-state index contributed by atoms with van der Waals surface area (Å²) in [5.74, 6) is 0. The maximum atomic E-state index is 5.69. The molecule has 1 aliphatic rings. The zero-order valence-electron chi connectivity index (χ0n) is 12.3. The molecule has 3 nitrogen and oxygen atoms in total. The van der Waals surface area contributed by atoms with Gasteiger partial charge in [-0.1, -0.05) is 24.3 Å². The molecular formula is C16H27N3. The van der Waals surface area contributed by atoms with Crippen LogP contribution in [-0.2, 0) is 13.0 Å². The Kier molecular flexibility index (Phi) is 5.37. The van der Waals surface area contributed by atoms with E-state index >= 15 is 0 Å². The van der Waals surface area contributed by atoms with Gasteiger partial charge in [-0.15, -0.1) is 0 Å². The van der Waals surface area contributed by atoms with Gasteiger partial charge in [-0.3, -0.25) is 4.90 Å². The molecule has 0 radical (unpaired) electrons. The Hall–Kier alpha value is -0.900. The number of likely N-dealkylation sites (tertiary alicyclic amines) is 1. The quantitative estimate of drug-likeness (QED) is 0.876. The Balaban J connectivity index is 1.92. The van der Waals surface area contributed by atoms with Gasteiger partial charge in [0, 0.05) is 12.6 Å². The van der Waals surface area contributed by atoms with Gasteiger partial charge < -0.3 is 10.6 Å². The van der Waals surface area contributed by atoms with E-state index in [0.717, 1.165) is 25.6 Å². The molecular weight excluding hydrogens is 234 g/mol. The second kappa shape index (κ2) is 7.04. The van der Waals surface area contributed by atoms with Crippen LogP contribution in [0, 0.1) is 0 Å². The van der Waals surface area contributed by atoms with E-state index in [2.05, 4.69) is 48.2 Å². The van der Waals surface area contributed by atoms with Crippen LogP contribution < -0.4 is 5.73 Å². The summed E-state index contributed by atoms with van der Waals surface area (Å²) in [4.78, 5) is 4.94.